The SMILES string of the molecule is CCCCCCC1OCCC1CNCC(C)C. The molecule has 1 aliphatic heterocycles. The van der Waals surface area contributed by atoms with Gasteiger partial charge in [-0.2, -0.15) is 0 Å². The lowest BCUT2D eigenvalue weighted by Crippen LogP contribution is -2.30. The maximum Gasteiger partial charge on any atom is 0.0616 e. The van der Waals surface area contributed by atoms with E-state index in [0.29, 0.717) is 6.10 Å². The van der Waals surface area contributed by atoms with Crippen molar-refractivity contribution in [3.8, 4) is 0 Å². The average Bonchev–Trinajstić information content (AvgIpc) is 2.72. The third-order valence-corrected chi connectivity index (χ3v) is 3.65. The summed E-state index contributed by atoms with van der Waals surface area (Å²) in [5, 5.41) is 3.58. The van der Waals surface area contributed by atoms with Crippen LogP contribution in [0.4, 0.5) is 0 Å². The highest BCUT2D eigenvalue weighted by molar-refractivity contribution is 4.78. The molecule has 1 N–H and O–H groups in total. The highest BCUT2D eigenvalue weighted by Gasteiger charge is 2.27. The normalized spacial score (nSPS) is 24.7. The van der Waals surface area contributed by atoms with E-state index in [-0.39, 0.29) is 0 Å². The summed E-state index contributed by atoms with van der Waals surface area (Å²) in [6.07, 6.45) is 8.49. The van der Waals surface area contributed by atoms with E-state index in [4.69, 9.17) is 4.74 Å². The first-order chi connectivity index (χ1) is 8.24. The topological polar surface area (TPSA) is 21.3 Å². The van der Waals surface area contributed by atoms with Gasteiger partial charge in [0.1, 0.15) is 0 Å². The van der Waals surface area contributed by atoms with E-state index in [9.17, 15) is 0 Å². The Kier molecular flexibility index (Phi) is 7.87. The van der Waals surface area contributed by atoms with Gasteiger partial charge in [-0.3, -0.25) is 0 Å². The largest absolute Gasteiger partial charge is 0.378 e. The van der Waals surface area contributed by atoms with Crippen LogP contribution in [0.5, 0.6) is 0 Å². The van der Waals surface area contributed by atoms with Gasteiger partial charge in [0.25, 0.3) is 0 Å². The van der Waals surface area contributed by atoms with Crippen LogP contribution >= 0.6 is 0 Å². The summed E-state index contributed by atoms with van der Waals surface area (Å²) in [7, 11) is 0. The van der Waals surface area contributed by atoms with Crippen LogP contribution in [0.3, 0.4) is 0 Å². The van der Waals surface area contributed by atoms with Crippen molar-refractivity contribution in [2.45, 2.75) is 65.4 Å². The van der Waals surface area contributed by atoms with E-state index < -0.39 is 0 Å². The van der Waals surface area contributed by atoms with Gasteiger partial charge in [-0.25, -0.2) is 0 Å². The molecule has 0 aromatic heterocycles. The number of rotatable bonds is 9. The molecule has 102 valence electrons. The monoisotopic (exact) mass is 241 g/mol. The Morgan fingerprint density at radius 2 is 2.06 bits per heavy atom. The van der Waals surface area contributed by atoms with Gasteiger partial charge in [0.15, 0.2) is 0 Å². The summed E-state index contributed by atoms with van der Waals surface area (Å²) >= 11 is 0. The van der Waals surface area contributed by atoms with E-state index in [1.807, 2.05) is 0 Å². The molecule has 2 unspecified atom stereocenters. The lowest BCUT2D eigenvalue weighted by molar-refractivity contribution is 0.0808. The number of ether oxygens (including phenoxy) is 1. The zero-order valence-corrected chi connectivity index (χ0v) is 12.0. The van der Waals surface area contributed by atoms with E-state index in [1.54, 1.807) is 0 Å². The van der Waals surface area contributed by atoms with Crippen LogP contribution in [0.2, 0.25) is 0 Å². The number of hydrogen-bond acceptors (Lipinski definition) is 2. The highest BCUT2D eigenvalue weighted by atomic mass is 16.5. The zero-order valence-electron chi connectivity index (χ0n) is 12.0. The average molecular weight is 241 g/mol. The summed E-state index contributed by atoms with van der Waals surface area (Å²) in [4.78, 5) is 0. The van der Waals surface area contributed by atoms with Gasteiger partial charge >= 0.3 is 0 Å². The first kappa shape index (κ1) is 15.0. The van der Waals surface area contributed by atoms with Crippen molar-refractivity contribution in [3.63, 3.8) is 0 Å². The second kappa shape index (κ2) is 8.93. The number of nitrogens with one attached hydrogen (secondary N) is 1. The maximum absolute atomic E-state index is 5.86. The van der Waals surface area contributed by atoms with Crippen LogP contribution in [-0.2, 0) is 4.74 Å². The van der Waals surface area contributed by atoms with Crippen LogP contribution in [-0.4, -0.2) is 25.8 Å². The zero-order chi connectivity index (χ0) is 12.5. The lowest BCUT2D eigenvalue weighted by atomic mass is 9.96. The molecule has 2 atom stereocenters. The smallest absolute Gasteiger partial charge is 0.0616 e. The molecule has 0 radical (unpaired) electrons. The van der Waals surface area contributed by atoms with Crippen molar-refractivity contribution in [1.82, 2.24) is 5.32 Å². The van der Waals surface area contributed by atoms with Crippen LogP contribution in [0.15, 0.2) is 0 Å². The van der Waals surface area contributed by atoms with Gasteiger partial charge in [-0.15, -0.1) is 0 Å². The van der Waals surface area contributed by atoms with Crippen molar-refractivity contribution in [1.29, 1.82) is 0 Å². The van der Waals surface area contributed by atoms with Crippen molar-refractivity contribution in [2.75, 3.05) is 19.7 Å². The fourth-order valence-corrected chi connectivity index (χ4v) is 2.58. The molecule has 0 amide bonds. The molecule has 17 heavy (non-hydrogen) atoms. The Morgan fingerprint density at radius 3 is 2.76 bits per heavy atom. The minimum Gasteiger partial charge on any atom is -0.378 e. The highest BCUT2D eigenvalue weighted by Crippen LogP contribution is 2.25. The minimum atomic E-state index is 0.534. The molecule has 1 fully saturated rings. The van der Waals surface area contributed by atoms with Crippen LogP contribution in [0.25, 0.3) is 0 Å². The lowest BCUT2D eigenvalue weighted by Gasteiger charge is -2.19. The second-order valence-corrected chi connectivity index (χ2v) is 5.86. The first-order valence-electron chi connectivity index (χ1n) is 7.56. The molecule has 1 heterocycles. The Balaban J connectivity index is 2.10. The predicted molar refractivity (Wildman–Crippen MR) is 74.3 cm³/mol. The van der Waals surface area contributed by atoms with Gasteiger partial charge < -0.3 is 10.1 Å². The minimum absolute atomic E-state index is 0.534. The van der Waals surface area contributed by atoms with Gasteiger partial charge in [0.2, 0.25) is 0 Å². The molecule has 0 aliphatic carbocycles. The third-order valence-electron chi connectivity index (χ3n) is 3.65. The van der Waals surface area contributed by atoms with Crippen molar-refractivity contribution < 1.29 is 4.74 Å². The van der Waals surface area contributed by atoms with E-state index >= 15 is 0 Å². The Bertz CT molecular complexity index is 182. The second-order valence-electron chi connectivity index (χ2n) is 5.86. The molecule has 1 aliphatic rings. The molecule has 0 spiro atoms. The van der Waals surface area contributed by atoms with Gasteiger partial charge in [0.05, 0.1) is 6.10 Å². The molecule has 0 saturated carbocycles. The van der Waals surface area contributed by atoms with Gasteiger partial charge in [0, 0.05) is 13.2 Å². The molecule has 2 nitrogen and oxygen atoms in total. The molecule has 0 aromatic rings. The fourth-order valence-electron chi connectivity index (χ4n) is 2.58. The summed E-state index contributed by atoms with van der Waals surface area (Å²) in [5.41, 5.74) is 0. The number of unbranched alkanes of at least 4 members (excludes halogenated alkanes) is 3. The fraction of sp³-hybridized carbons (Fsp3) is 1.00. The molecule has 1 saturated heterocycles. The summed E-state index contributed by atoms with van der Waals surface area (Å²) < 4.78 is 5.86. The number of hydrogen-bond donors (Lipinski definition) is 1. The predicted octanol–water partition coefficient (Wildman–Crippen LogP) is 3.61. The first-order valence-corrected chi connectivity index (χ1v) is 7.56. The van der Waals surface area contributed by atoms with Crippen molar-refractivity contribution >= 4 is 0 Å². The Labute approximate surface area is 108 Å². The van der Waals surface area contributed by atoms with Crippen LogP contribution in [0.1, 0.15) is 59.3 Å². The van der Waals surface area contributed by atoms with Crippen molar-refractivity contribution in [3.05, 3.63) is 0 Å². The third kappa shape index (κ3) is 6.42. The van der Waals surface area contributed by atoms with E-state index in [2.05, 4.69) is 26.1 Å². The Morgan fingerprint density at radius 1 is 1.24 bits per heavy atom. The van der Waals surface area contributed by atoms with Crippen molar-refractivity contribution in [2.24, 2.45) is 11.8 Å². The maximum atomic E-state index is 5.86. The molecule has 0 aromatic carbocycles. The summed E-state index contributed by atoms with van der Waals surface area (Å²) in [5.74, 6) is 1.51. The van der Waals surface area contributed by atoms with Gasteiger partial charge in [-0.05, 0) is 31.2 Å². The summed E-state index contributed by atoms with van der Waals surface area (Å²) in [6.45, 7) is 10.1. The molecular weight excluding hydrogens is 210 g/mol. The molecular formula is C15H31NO. The molecule has 1 rings (SSSR count). The Hall–Kier alpha value is -0.0800. The van der Waals surface area contributed by atoms with E-state index in [1.165, 1.54) is 38.5 Å². The standard InChI is InChI=1S/C15H31NO/c1-4-5-6-7-8-15-14(9-10-17-15)12-16-11-13(2)3/h13-16H,4-12H2,1-3H3. The van der Waals surface area contributed by atoms with Crippen LogP contribution < -0.4 is 5.32 Å². The summed E-state index contributed by atoms with van der Waals surface area (Å²) in [6, 6.07) is 0. The van der Waals surface area contributed by atoms with Crippen LogP contribution in [0, 0.1) is 11.8 Å². The van der Waals surface area contributed by atoms with E-state index in [0.717, 1.165) is 31.5 Å². The quantitative estimate of drug-likeness (QED) is 0.623. The molecule has 2 heteroatoms. The molecule has 0 bridgehead atoms. The van der Waals surface area contributed by atoms with Gasteiger partial charge in [-0.1, -0.05) is 46.5 Å².